The topological polar surface area (TPSA) is 69.4 Å². The van der Waals surface area contributed by atoms with Crippen molar-refractivity contribution in [3.8, 4) is 0 Å². The van der Waals surface area contributed by atoms with Crippen LogP contribution in [0.4, 0.5) is 0 Å². The first-order chi connectivity index (χ1) is 7.13. The summed E-state index contributed by atoms with van der Waals surface area (Å²) < 4.78 is 6.62. The number of carbonyl (C=O) groups excluding carboxylic acids is 1. The Kier molecular flexibility index (Phi) is 2.39. The molecule has 0 aliphatic carbocycles. The molecule has 0 spiro atoms. The molecule has 0 amide bonds. The van der Waals surface area contributed by atoms with E-state index in [9.17, 15) is 4.79 Å². The zero-order valence-corrected chi connectivity index (χ0v) is 9.65. The summed E-state index contributed by atoms with van der Waals surface area (Å²) in [6.45, 7) is 1.74. The van der Waals surface area contributed by atoms with Crippen molar-refractivity contribution in [1.29, 1.82) is 0 Å². The monoisotopic (exact) mass is 270 g/mol. The number of rotatable bonds is 1. The fourth-order valence-corrected chi connectivity index (χ4v) is 1.54. The Bertz CT molecular complexity index is 537. The smallest absolute Gasteiger partial charge is 0.376 e. The SMILES string of the molecule is COC(=O)c1ncc(Br)c2nc(C)nn12. The summed E-state index contributed by atoms with van der Waals surface area (Å²) in [5, 5.41) is 4.06. The molecule has 0 fully saturated rings. The van der Waals surface area contributed by atoms with Crippen LogP contribution in [0.5, 0.6) is 0 Å². The first kappa shape index (κ1) is 10.0. The Balaban J connectivity index is 2.76. The zero-order chi connectivity index (χ0) is 11.0. The fraction of sp³-hybridized carbons (Fsp3) is 0.250. The van der Waals surface area contributed by atoms with Crippen LogP contribution in [0.3, 0.4) is 0 Å². The van der Waals surface area contributed by atoms with Crippen LogP contribution >= 0.6 is 15.9 Å². The average Bonchev–Trinajstić information content (AvgIpc) is 2.60. The van der Waals surface area contributed by atoms with Gasteiger partial charge in [-0.3, -0.25) is 0 Å². The van der Waals surface area contributed by atoms with E-state index in [2.05, 4.69) is 35.7 Å². The highest BCUT2D eigenvalue weighted by Gasteiger charge is 2.16. The third-order valence-corrected chi connectivity index (χ3v) is 2.35. The molecule has 78 valence electrons. The summed E-state index contributed by atoms with van der Waals surface area (Å²) in [6.07, 6.45) is 1.50. The Morgan fingerprint density at radius 2 is 2.33 bits per heavy atom. The van der Waals surface area contributed by atoms with Crippen LogP contribution in [0.25, 0.3) is 5.65 Å². The van der Waals surface area contributed by atoms with Crippen LogP contribution in [0.2, 0.25) is 0 Å². The van der Waals surface area contributed by atoms with Gasteiger partial charge in [0.25, 0.3) is 0 Å². The van der Waals surface area contributed by atoms with Gasteiger partial charge in [-0.2, -0.15) is 4.52 Å². The van der Waals surface area contributed by atoms with Crippen molar-refractivity contribution in [2.24, 2.45) is 0 Å². The van der Waals surface area contributed by atoms with Gasteiger partial charge in [0.15, 0.2) is 5.65 Å². The molecule has 0 atom stereocenters. The number of carbonyl (C=O) groups is 1. The van der Waals surface area contributed by atoms with Crippen molar-refractivity contribution in [2.45, 2.75) is 6.92 Å². The predicted octanol–water partition coefficient (Wildman–Crippen LogP) is 0.982. The molecular formula is C8H7BrN4O2. The normalized spacial score (nSPS) is 10.6. The van der Waals surface area contributed by atoms with Crippen molar-refractivity contribution in [2.75, 3.05) is 7.11 Å². The molecule has 2 heterocycles. The highest BCUT2D eigenvalue weighted by atomic mass is 79.9. The molecule has 6 nitrogen and oxygen atoms in total. The fourth-order valence-electron chi connectivity index (χ4n) is 1.18. The molecule has 0 aromatic carbocycles. The number of aryl methyl sites for hydroxylation is 1. The molecule has 0 aliphatic rings. The van der Waals surface area contributed by atoms with E-state index in [0.29, 0.717) is 15.9 Å². The molecular weight excluding hydrogens is 264 g/mol. The molecule has 7 heteroatoms. The number of hydrogen-bond acceptors (Lipinski definition) is 5. The van der Waals surface area contributed by atoms with E-state index < -0.39 is 5.97 Å². The maximum atomic E-state index is 11.4. The summed E-state index contributed by atoms with van der Waals surface area (Å²) >= 11 is 3.28. The Labute approximate surface area is 93.4 Å². The minimum Gasteiger partial charge on any atom is -0.463 e. The molecule has 0 radical (unpaired) electrons. The largest absolute Gasteiger partial charge is 0.463 e. The molecule has 0 aliphatic heterocycles. The van der Waals surface area contributed by atoms with Crippen LogP contribution in [-0.4, -0.2) is 32.7 Å². The highest BCUT2D eigenvalue weighted by Crippen LogP contribution is 2.16. The molecule has 2 aromatic rings. The number of ether oxygens (including phenoxy) is 1. The minimum atomic E-state index is -0.544. The van der Waals surface area contributed by atoms with Gasteiger partial charge in [0.1, 0.15) is 5.82 Å². The molecule has 0 saturated heterocycles. The van der Waals surface area contributed by atoms with Crippen LogP contribution < -0.4 is 0 Å². The van der Waals surface area contributed by atoms with E-state index in [4.69, 9.17) is 0 Å². The van der Waals surface area contributed by atoms with Crippen LogP contribution in [-0.2, 0) is 4.74 Å². The lowest BCUT2D eigenvalue weighted by molar-refractivity contribution is 0.0583. The molecule has 2 rings (SSSR count). The predicted molar refractivity (Wildman–Crippen MR) is 54.6 cm³/mol. The average molecular weight is 271 g/mol. The summed E-state index contributed by atoms with van der Waals surface area (Å²) in [6, 6.07) is 0. The van der Waals surface area contributed by atoms with Gasteiger partial charge >= 0.3 is 5.97 Å². The van der Waals surface area contributed by atoms with Crippen LogP contribution in [0, 0.1) is 6.92 Å². The first-order valence-electron chi connectivity index (χ1n) is 4.09. The van der Waals surface area contributed by atoms with Gasteiger partial charge in [-0.1, -0.05) is 0 Å². The summed E-state index contributed by atoms with van der Waals surface area (Å²) in [4.78, 5) is 19.4. The number of aromatic nitrogens is 4. The van der Waals surface area contributed by atoms with Gasteiger partial charge < -0.3 is 4.74 Å². The van der Waals surface area contributed by atoms with Crippen molar-refractivity contribution < 1.29 is 9.53 Å². The van der Waals surface area contributed by atoms with E-state index in [1.54, 1.807) is 6.92 Å². The van der Waals surface area contributed by atoms with Crippen molar-refractivity contribution in [1.82, 2.24) is 19.6 Å². The number of fused-ring (bicyclic) bond motifs is 1. The maximum absolute atomic E-state index is 11.4. The van der Waals surface area contributed by atoms with Gasteiger partial charge in [0, 0.05) is 6.20 Å². The standard InChI is InChI=1S/C8H7BrN4O2/c1-4-11-6-5(9)3-10-7(8(14)15-2)13(6)12-4/h3H,1-2H3. The molecule has 0 saturated carbocycles. The van der Waals surface area contributed by atoms with Gasteiger partial charge in [-0.05, 0) is 22.9 Å². The minimum absolute atomic E-state index is 0.108. The Morgan fingerprint density at radius 1 is 1.60 bits per heavy atom. The zero-order valence-electron chi connectivity index (χ0n) is 8.06. The number of esters is 1. The number of nitrogens with zero attached hydrogens (tertiary/aromatic N) is 4. The molecule has 0 N–H and O–H groups in total. The molecule has 2 aromatic heterocycles. The molecule has 15 heavy (non-hydrogen) atoms. The lowest BCUT2D eigenvalue weighted by atomic mass is 10.5. The second-order valence-corrected chi connectivity index (χ2v) is 3.67. The lowest BCUT2D eigenvalue weighted by Crippen LogP contribution is -2.12. The number of methoxy groups -OCH3 is 1. The number of hydrogen-bond donors (Lipinski definition) is 0. The quantitative estimate of drug-likeness (QED) is 0.723. The lowest BCUT2D eigenvalue weighted by Gasteiger charge is -2.00. The molecule has 0 unspecified atom stereocenters. The van der Waals surface area contributed by atoms with Crippen LogP contribution in [0.1, 0.15) is 16.4 Å². The number of halogens is 1. The van der Waals surface area contributed by atoms with Gasteiger partial charge in [-0.15, -0.1) is 5.10 Å². The van der Waals surface area contributed by atoms with E-state index in [1.807, 2.05) is 0 Å². The van der Waals surface area contributed by atoms with Crippen molar-refractivity contribution in [3.63, 3.8) is 0 Å². The van der Waals surface area contributed by atoms with Gasteiger partial charge in [0.05, 0.1) is 11.6 Å². The van der Waals surface area contributed by atoms with E-state index in [1.165, 1.54) is 17.8 Å². The maximum Gasteiger partial charge on any atom is 0.376 e. The molecule has 0 bridgehead atoms. The summed E-state index contributed by atoms with van der Waals surface area (Å²) in [7, 11) is 1.29. The van der Waals surface area contributed by atoms with E-state index >= 15 is 0 Å². The van der Waals surface area contributed by atoms with Crippen molar-refractivity contribution in [3.05, 3.63) is 22.3 Å². The summed E-state index contributed by atoms with van der Waals surface area (Å²) in [5.74, 6) is 0.127. The van der Waals surface area contributed by atoms with Crippen molar-refractivity contribution >= 4 is 27.5 Å². The second kappa shape index (κ2) is 3.58. The Hall–Kier alpha value is -1.50. The third kappa shape index (κ3) is 1.58. The van der Waals surface area contributed by atoms with Gasteiger partial charge in [0.2, 0.25) is 5.82 Å². The van der Waals surface area contributed by atoms with E-state index in [0.717, 1.165) is 0 Å². The van der Waals surface area contributed by atoms with Crippen LogP contribution in [0.15, 0.2) is 10.7 Å². The highest BCUT2D eigenvalue weighted by molar-refractivity contribution is 9.10. The van der Waals surface area contributed by atoms with Gasteiger partial charge in [-0.25, -0.2) is 14.8 Å². The summed E-state index contributed by atoms with van der Waals surface area (Å²) in [5.41, 5.74) is 0.544. The second-order valence-electron chi connectivity index (χ2n) is 2.82. The first-order valence-corrected chi connectivity index (χ1v) is 4.89. The van der Waals surface area contributed by atoms with E-state index in [-0.39, 0.29) is 5.82 Å². The third-order valence-electron chi connectivity index (χ3n) is 1.80. The Morgan fingerprint density at radius 3 is 3.00 bits per heavy atom.